The molecule has 1 atom stereocenters. The number of hydrogen-bond donors (Lipinski definition) is 2. The highest BCUT2D eigenvalue weighted by molar-refractivity contribution is 5.77. The second-order valence-electron chi connectivity index (χ2n) is 4.68. The fourth-order valence-electron chi connectivity index (χ4n) is 2.02. The topological polar surface area (TPSA) is 66.4 Å². The summed E-state index contributed by atoms with van der Waals surface area (Å²) in [7, 11) is 0. The Kier molecular flexibility index (Phi) is 5.29. The van der Waals surface area contributed by atoms with E-state index in [2.05, 4.69) is 5.32 Å². The first-order valence-electron chi connectivity index (χ1n) is 6.11. The highest BCUT2D eigenvalue weighted by Crippen LogP contribution is 2.17. The van der Waals surface area contributed by atoms with Crippen LogP contribution in [0.1, 0.15) is 51.9 Å². The summed E-state index contributed by atoms with van der Waals surface area (Å²) < 4.78 is 0. The third-order valence-corrected chi connectivity index (χ3v) is 3.20. The largest absolute Gasteiger partial charge is 0.481 e. The third-order valence-electron chi connectivity index (χ3n) is 3.20. The Bertz CT molecular complexity index is 247. The van der Waals surface area contributed by atoms with Crippen molar-refractivity contribution < 1.29 is 14.7 Å². The maximum atomic E-state index is 11.5. The van der Waals surface area contributed by atoms with Crippen molar-refractivity contribution in [3.8, 4) is 0 Å². The highest BCUT2D eigenvalue weighted by atomic mass is 16.4. The Morgan fingerprint density at radius 2 is 1.94 bits per heavy atom. The molecule has 0 aromatic carbocycles. The normalized spacial score (nSPS) is 19.1. The molecular formula is C12H21NO3. The van der Waals surface area contributed by atoms with E-state index in [4.69, 9.17) is 5.11 Å². The van der Waals surface area contributed by atoms with Crippen molar-refractivity contribution in [1.29, 1.82) is 0 Å². The van der Waals surface area contributed by atoms with Gasteiger partial charge in [-0.3, -0.25) is 9.59 Å². The molecule has 1 unspecified atom stereocenters. The molecule has 0 aromatic rings. The number of carboxylic acid groups (broad SMARTS) is 1. The molecule has 1 rings (SSSR count). The van der Waals surface area contributed by atoms with Gasteiger partial charge < -0.3 is 10.4 Å². The zero-order valence-electron chi connectivity index (χ0n) is 9.87. The lowest BCUT2D eigenvalue weighted by molar-refractivity contribution is -0.141. The lowest BCUT2D eigenvalue weighted by Crippen LogP contribution is -2.36. The van der Waals surface area contributed by atoms with Crippen molar-refractivity contribution in [2.45, 2.75) is 57.9 Å². The average molecular weight is 227 g/mol. The Balaban J connectivity index is 2.17. The molecule has 0 saturated heterocycles. The zero-order chi connectivity index (χ0) is 12.0. The monoisotopic (exact) mass is 227 g/mol. The Morgan fingerprint density at radius 3 is 2.50 bits per heavy atom. The Labute approximate surface area is 96.4 Å². The van der Waals surface area contributed by atoms with E-state index < -0.39 is 11.9 Å². The Morgan fingerprint density at radius 1 is 1.31 bits per heavy atom. The van der Waals surface area contributed by atoms with Crippen LogP contribution in [0.3, 0.4) is 0 Å². The molecule has 2 N–H and O–H groups in total. The van der Waals surface area contributed by atoms with Gasteiger partial charge in [0, 0.05) is 12.5 Å². The van der Waals surface area contributed by atoms with Gasteiger partial charge in [0.15, 0.2) is 0 Å². The second-order valence-corrected chi connectivity index (χ2v) is 4.68. The van der Waals surface area contributed by atoms with E-state index >= 15 is 0 Å². The summed E-state index contributed by atoms with van der Waals surface area (Å²) in [6.07, 6.45) is 6.54. The lowest BCUT2D eigenvalue weighted by atomic mass is 9.95. The van der Waals surface area contributed by atoms with E-state index in [1.807, 2.05) is 0 Å². The quantitative estimate of drug-likeness (QED) is 0.754. The van der Waals surface area contributed by atoms with Gasteiger partial charge in [-0.25, -0.2) is 0 Å². The second kappa shape index (κ2) is 6.51. The molecule has 92 valence electrons. The van der Waals surface area contributed by atoms with E-state index in [0.717, 1.165) is 12.8 Å². The van der Waals surface area contributed by atoms with Gasteiger partial charge in [0.25, 0.3) is 0 Å². The molecule has 4 nitrogen and oxygen atoms in total. The van der Waals surface area contributed by atoms with Gasteiger partial charge in [0.05, 0.1) is 5.92 Å². The first-order chi connectivity index (χ1) is 7.59. The van der Waals surface area contributed by atoms with Gasteiger partial charge >= 0.3 is 5.97 Å². The molecular weight excluding hydrogens is 206 g/mol. The molecule has 1 amide bonds. The first kappa shape index (κ1) is 13.0. The van der Waals surface area contributed by atoms with Gasteiger partial charge in [-0.05, 0) is 19.3 Å². The van der Waals surface area contributed by atoms with Gasteiger partial charge in [0.1, 0.15) is 0 Å². The van der Waals surface area contributed by atoms with Gasteiger partial charge in [-0.2, -0.15) is 0 Å². The van der Waals surface area contributed by atoms with Crippen LogP contribution in [-0.4, -0.2) is 23.0 Å². The molecule has 16 heavy (non-hydrogen) atoms. The minimum atomic E-state index is -0.828. The lowest BCUT2D eigenvalue weighted by Gasteiger charge is -2.22. The molecule has 0 bridgehead atoms. The number of carboxylic acids is 1. The fourth-order valence-corrected chi connectivity index (χ4v) is 2.02. The number of carbonyl (C=O) groups is 2. The van der Waals surface area contributed by atoms with Crippen molar-refractivity contribution in [2.24, 2.45) is 5.92 Å². The number of nitrogens with one attached hydrogen (secondary N) is 1. The summed E-state index contributed by atoms with van der Waals surface area (Å²) in [5.74, 6) is -1.26. The molecule has 1 aliphatic carbocycles. The van der Waals surface area contributed by atoms with Crippen molar-refractivity contribution in [1.82, 2.24) is 5.32 Å². The molecule has 0 aliphatic heterocycles. The zero-order valence-corrected chi connectivity index (χ0v) is 9.87. The summed E-state index contributed by atoms with van der Waals surface area (Å²) in [4.78, 5) is 22.1. The molecule has 0 aromatic heterocycles. The van der Waals surface area contributed by atoms with Crippen LogP contribution in [0.5, 0.6) is 0 Å². The molecule has 1 aliphatic rings. The summed E-state index contributed by atoms with van der Waals surface area (Å²) in [5, 5.41) is 11.7. The van der Waals surface area contributed by atoms with Crippen molar-refractivity contribution in [3.63, 3.8) is 0 Å². The van der Waals surface area contributed by atoms with Crippen LogP contribution in [0.4, 0.5) is 0 Å². The highest BCUT2D eigenvalue weighted by Gasteiger charge is 2.17. The van der Waals surface area contributed by atoms with E-state index in [1.165, 1.54) is 19.3 Å². The Hall–Kier alpha value is -1.06. The summed E-state index contributed by atoms with van der Waals surface area (Å²) >= 11 is 0. The summed E-state index contributed by atoms with van der Waals surface area (Å²) in [5.41, 5.74) is 0. The smallest absolute Gasteiger partial charge is 0.306 e. The maximum Gasteiger partial charge on any atom is 0.306 e. The SMILES string of the molecule is CC(CCC(=O)NC1CCCCC1)C(=O)O. The van der Waals surface area contributed by atoms with E-state index in [0.29, 0.717) is 18.9 Å². The fraction of sp³-hybridized carbons (Fsp3) is 0.833. The summed E-state index contributed by atoms with van der Waals surface area (Å²) in [6, 6.07) is 0.321. The number of amides is 1. The van der Waals surface area contributed by atoms with Crippen LogP contribution in [0.2, 0.25) is 0 Å². The minimum Gasteiger partial charge on any atom is -0.481 e. The van der Waals surface area contributed by atoms with Crippen molar-refractivity contribution in [3.05, 3.63) is 0 Å². The standard InChI is InChI=1S/C12H21NO3/c1-9(12(15)16)7-8-11(14)13-10-5-3-2-4-6-10/h9-10H,2-8H2,1H3,(H,13,14)(H,15,16). The van der Waals surface area contributed by atoms with Crippen LogP contribution in [0.15, 0.2) is 0 Å². The third kappa shape index (κ3) is 4.64. The van der Waals surface area contributed by atoms with Crippen LogP contribution in [-0.2, 0) is 9.59 Å². The average Bonchev–Trinajstić information content (AvgIpc) is 2.27. The van der Waals surface area contributed by atoms with Crippen molar-refractivity contribution >= 4 is 11.9 Å². The van der Waals surface area contributed by atoms with Crippen LogP contribution in [0.25, 0.3) is 0 Å². The molecule has 0 radical (unpaired) electrons. The van der Waals surface area contributed by atoms with Crippen LogP contribution in [0, 0.1) is 5.92 Å². The van der Waals surface area contributed by atoms with E-state index in [1.54, 1.807) is 6.92 Å². The molecule has 1 fully saturated rings. The first-order valence-corrected chi connectivity index (χ1v) is 6.11. The van der Waals surface area contributed by atoms with Crippen molar-refractivity contribution in [2.75, 3.05) is 0 Å². The molecule has 0 heterocycles. The number of hydrogen-bond acceptors (Lipinski definition) is 2. The predicted octanol–water partition coefficient (Wildman–Crippen LogP) is 1.94. The number of carbonyl (C=O) groups excluding carboxylic acids is 1. The number of rotatable bonds is 5. The minimum absolute atomic E-state index is 0. The van der Waals surface area contributed by atoms with Gasteiger partial charge in [-0.1, -0.05) is 26.2 Å². The van der Waals surface area contributed by atoms with E-state index in [-0.39, 0.29) is 5.91 Å². The van der Waals surface area contributed by atoms with Crippen LogP contribution >= 0.6 is 0 Å². The molecule has 1 saturated carbocycles. The van der Waals surface area contributed by atoms with Gasteiger partial charge in [0.2, 0.25) is 5.91 Å². The number of aliphatic carboxylic acids is 1. The van der Waals surface area contributed by atoms with Gasteiger partial charge in [-0.15, -0.1) is 0 Å². The summed E-state index contributed by atoms with van der Waals surface area (Å²) in [6.45, 7) is 1.64. The van der Waals surface area contributed by atoms with E-state index in [9.17, 15) is 9.59 Å². The predicted molar refractivity (Wildman–Crippen MR) is 61.0 cm³/mol. The maximum absolute atomic E-state index is 11.5. The van der Waals surface area contributed by atoms with Crippen LogP contribution < -0.4 is 5.32 Å². The molecule has 4 heteroatoms. The molecule has 0 spiro atoms.